The van der Waals surface area contributed by atoms with Crippen LogP contribution in [-0.2, 0) is 0 Å². The topological polar surface area (TPSA) is 46.0 Å². The average molecular weight is 300 g/mol. The zero-order chi connectivity index (χ0) is 15.9. The Morgan fingerprint density at radius 3 is 2.09 bits per heavy atom. The van der Waals surface area contributed by atoms with Crippen molar-refractivity contribution >= 4 is 10.9 Å². The third-order valence-corrected chi connectivity index (χ3v) is 3.35. The number of fused-ring (bicyclic) bond motifs is 1. The van der Waals surface area contributed by atoms with Crippen molar-refractivity contribution in [3.63, 3.8) is 0 Å². The summed E-state index contributed by atoms with van der Waals surface area (Å²) >= 11 is 0. The third-order valence-electron chi connectivity index (χ3n) is 3.35. The molecule has 0 spiro atoms. The molecule has 2 heterocycles. The minimum Gasteiger partial charge on any atom is -0.506 e. The molecule has 3 nitrogen and oxygen atoms in total. The molecule has 0 unspecified atom stereocenters. The molecule has 4 aromatic rings. The summed E-state index contributed by atoms with van der Waals surface area (Å²) in [6.07, 6.45) is 3.48. The molecule has 0 amide bonds. The molecular weight excluding hydrogens is 284 g/mol. The van der Waals surface area contributed by atoms with E-state index in [9.17, 15) is 5.11 Å². The van der Waals surface area contributed by atoms with Crippen LogP contribution in [0.2, 0.25) is 0 Å². The molecule has 2 aromatic carbocycles. The van der Waals surface area contributed by atoms with E-state index in [1.54, 1.807) is 18.3 Å². The average Bonchev–Trinajstić information content (AvgIpc) is 2.64. The van der Waals surface area contributed by atoms with Crippen molar-refractivity contribution in [2.75, 3.05) is 0 Å². The maximum Gasteiger partial charge on any atom is 0.141 e. The molecule has 0 aliphatic carbocycles. The van der Waals surface area contributed by atoms with E-state index < -0.39 is 0 Å². The number of phenols is 1. The Labute approximate surface area is 134 Å². The second-order valence-electron chi connectivity index (χ2n) is 4.93. The Kier molecular flexibility index (Phi) is 4.60. The zero-order valence-electron chi connectivity index (χ0n) is 12.5. The lowest BCUT2D eigenvalue weighted by Crippen LogP contribution is -1.79. The number of para-hydroxylation sites is 1. The number of aromatic nitrogens is 2. The lowest BCUT2D eigenvalue weighted by atomic mass is 10.1. The summed E-state index contributed by atoms with van der Waals surface area (Å²) in [6, 6.07) is 25.2. The Hall–Kier alpha value is -3.20. The normalized spacial score (nSPS) is 9.91. The molecule has 112 valence electrons. The fourth-order valence-electron chi connectivity index (χ4n) is 2.23. The van der Waals surface area contributed by atoms with Crippen LogP contribution in [0.3, 0.4) is 0 Å². The Morgan fingerprint density at radius 1 is 0.609 bits per heavy atom. The molecule has 0 radical (unpaired) electrons. The molecular formula is C20H16N2O. The number of hydrogen-bond acceptors (Lipinski definition) is 3. The van der Waals surface area contributed by atoms with Gasteiger partial charge in [-0.25, -0.2) is 0 Å². The SMILES string of the molecule is Oc1cccc2cccnc12.c1ccc(-c2ccccn2)cc1. The van der Waals surface area contributed by atoms with Crippen molar-refractivity contribution in [1.29, 1.82) is 0 Å². The molecule has 1 N–H and O–H groups in total. The summed E-state index contributed by atoms with van der Waals surface area (Å²) in [7, 11) is 0. The van der Waals surface area contributed by atoms with Gasteiger partial charge in [0.25, 0.3) is 0 Å². The maximum atomic E-state index is 9.31. The van der Waals surface area contributed by atoms with Crippen LogP contribution < -0.4 is 0 Å². The number of pyridine rings is 2. The predicted molar refractivity (Wildman–Crippen MR) is 93.1 cm³/mol. The maximum absolute atomic E-state index is 9.31. The van der Waals surface area contributed by atoms with E-state index in [4.69, 9.17) is 0 Å². The standard InChI is InChI=1S/C11H9N.C9H7NO/c1-2-6-10(7-3-1)11-8-4-5-9-12-11;11-8-5-1-3-7-4-2-6-10-9(7)8/h1-9H;1-6,11H. The van der Waals surface area contributed by atoms with Crippen molar-refractivity contribution in [2.24, 2.45) is 0 Å². The van der Waals surface area contributed by atoms with Crippen LogP contribution in [0.4, 0.5) is 0 Å². The molecule has 0 saturated carbocycles. The fraction of sp³-hybridized carbons (Fsp3) is 0. The number of nitrogens with zero attached hydrogens (tertiary/aromatic N) is 2. The van der Waals surface area contributed by atoms with E-state index in [0.29, 0.717) is 5.52 Å². The van der Waals surface area contributed by atoms with Crippen LogP contribution in [0.15, 0.2) is 91.3 Å². The van der Waals surface area contributed by atoms with Gasteiger partial charge in [-0.3, -0.25) is 9.97 Å². The van der Waals surface area contributed by atoms with Gasteiger partial charge in [0, 0.05) is 23.3 Å². The Balaban J connectivity index is 0.000000136. The molecule has 3 heteroatoms. The number of phenolic OH excluding ortho intramolecular Hbond substituents is 1. The van der Waals surface area contributed by atoms with Crippen LogP contribution in [0.1, 0.15) is 0 Å². The van der Waals surface area contributed by atoms with Gasteiger partial charge >= 0.3 is 0 Å². The van der Waals surface area contributed by atoms with E-state index in [1.807, 2.05) is 60.8 Å². The summed E-state index contributed by atoms with van der Waals surface area (Å²) in [5.74, 6) is 0.239. The smallest absolute Gasteiger partial charge is 0.141 e. The molecule has 23 heavy (non-hydrogen) atoms. The molecule has 0 saturated heterocycles. The van der Waals surface area contributed by atoms with Crippen LogP contribution in [0, 0.1) is 0 Å². The van der Waals surface area contributed by atoms with E-state index in [-0.39, 0.29) is 5.75 Å². The lowest BCUT2D eigenvalue weighted by Gasteiger charge is -1.97. The first-order valence-corrected chi connectivity index (χ1v) is 7.34. The summed E-state index contributed by atoms with van der Waals surface area (Å²) in [4.78, 5) is 8.28. The minimum atomic E-state index is 0.239. The Bertz CT molecular complexity index is 834. The number of aromatic hydroxyl groups is 1. The number of rotatable bonds is 1. The van der Waals surface area contributed by atoms with Gasteiger partial charge in [0.1, 0.15) is 11.3 Å². The highest BCUT2D eigenvalue weighted by Gasteiger charge is 1.96. The predicted octanol–water partition coefficient (Wildman–Crippen LogP) is 4.69. The molecule has 0 atom stereocenters. The van der Waals surface area contributed by atoms with Gasteiger partial charge in [-0.05, 0) is 24.3 Å². The van der Waals surface area contributed by atoms with Crippen molar-refractivity contribution in [3.05, 3.63) is 91.3 Å². The van der Waals surface area contributed by atoms with Crippen molar-refractivity contribution in [3.8, 4) is 17.0 Å². The second-order valence-corrected chi connectivity index (χ2v) is 4.93. The first kappa shape index (κ1) is 14.7. The van der Waals surface area contributed by atoms with E-state index in [2.05, 4.69) is 22.1 Å². The van der Waals surface area contributed by atoms with E-state index in [0.717, 1.165) is 16.6 Å². The van der Waals surface area contributed by atoms with Gasteiger partial charge in [-0.15, -0.1) is 0 Å². The largest absolute Gasteiger partial charge is 0.506 e. The lowest BCUT2D eigenvalue weighted by molar-refractivity contribution is 0.480. The van der Waals surface area contributed by atoms with E-state index in [1.165, 1.54) is 0 Å². The summed E-state index contributed by atoms with van der Waals surface area (Å²) in [5.41, 5.74) is 2.85. The molecule has 0 fully saturated rings. The number of hydrogen-bond donors (Lipinski definition) is 1. The Morgan fingerprint density at radius 2 is 1.35 bits per heavy atom. The van der Waals surface area contributed by atoms with Crippen LogP contribution in [0.5, 0.6) is 5.75 Å². The molecule has 0 aliphatic rings. The summed E-state index contributed by atoms with van der Waals surface area (Å²) in [6.45, 7) is 0. The molecule has 0 bridgehead atoms. The van der Waals surface area contributed by atoms with Gasteiger partial charge in [-0.2, -0.15) is 0 Å². The monoisotopic (exact) mass is 300 g/mol. The van der Waals surface area contributed by atoms with Crippen molar-refractivity contribution in [1.82, 2.24) is 9.97 Å². The first-order valence-electron chi connectivity index (χ1n) is 7.34. The quantitative estimate of drug-likeness (QED) is 0.554. The van der Waals surface area contributed by atoms with Gasteiger partial charge in [-0.1, -0.05) is 54.6 Å². The molecule has 2 aromatic heterocycles. The highest BCUT2D eigenvalue weighted by molar-refractivity contribution is 5.83. The van der Waals surface area contributed by atoms with Crippen LogP contribution in [0.25, 0.3) is 22.2 Å². The first-order chi connectivity index (χ1) is 11.3. The second kappa shape index (κ2) is 7.18. The zero-order valence-corrected chi connectivity index (χ0v) is 12.5. The summed E-state index contributed by atoms with van der Waals surface area (Å²) in [5, 5.41) is 10.3. The fourth-order valence-corrected chi connectivity index (χ4v) is 2.23. The number of benzene rings is 2. The van der Waals surface area contributed by atoms with Gasteiger partial charge in [0.15, 0.2) is 0 Å². The van der Waals surface area contributed by atoms with Gasteiger partial charge in [0.2, 0.25) is 0 Å². The third kappa shape index (κ3) is 3.71. The highest BCUT2D eigenvalue weighted by Crippen LogP contribution is 2.20. The van der Waals surface area contributed by atoms with E-state index >= 15 is 0 Å². The van der Waals surface area contributed by atoms with Crippen molar-refractivity contribution < 1.29 is 5.11 Å². The highest BCUT2D eigenvalue weighted by atomic mass is 16.3. The van der Waals surface area contributed by atoms with Crippen molar-refractivity contribution in [2.45, 2.75) is 0 Å². The van der Waals surface area contributed by atoms with Gasteiger partial charge < -0.3 is 5.11 Å². The van der Waals surface area contributed by atoms with Gasteiger partial charge in [0.05, 0.1) is 5.69 Å². The summed E-state index contributed by atoms with van der Waals surface area (Å²) < 4.78 is 0. The van der Waals surface area contributed by atoms with Crippen LogP contribution in [-0.4, -0.2) is 15.1 Å². The molecule has 0 aliphatic heterocycles. The molecule has 4 rings (SSSR count). The minimum absolute atomic E-state index is 0.239. The van der Waals surface area contributed by atoms with Crippen LogP contribution >= 0.6 is 0 Å².